The normalized spacial score (nSPS) is 10.8. The summed E-state index contributed by atoms with van der Waals surface area (Å²) in [7, 11) is 0. The number of rotatable bonds is 6. The Morgan fingerprint density at radius 2 is 2.05 bits per heavy atom. The summed E-state index contributed by atoms with van der Waals surface area (Å²) in [5, 5.41) is 7.29. The van der Waals surface area contributed by atoms with Crippen molar-refractivity contribution >= 4 is 0 Å². The molecular formula is C16H22N2O2. The van der Waals surface area contributed by atoms with Crippen LogP contribution in [0.2, 0.25) is 0 Å². The van der Waals surface area contributed by atoms with E-state index in [1.165, 1.54) is 5.56 Å². The summed E-state index contributed by atoms with van der Waals surface area (Å²) in [4.78, 5) is 0. The zero-order valence-electron chi connectivity index (χ0n) is 12.6. The molecule has 0 aliphatic carbocycles. The molecular weight excluding hydrogens is 252 g/mol. The van der Waals surface area contributed by atoms with Crippen LogP contribution in [0.25, 0.3) is 0 Å². The maximum Gasteiger partial charge on any atom is 0.140 e. The van der Waals surface area contributed by atoms with E-state index in [-0.39, 0.29) is 0 Å². The third kappa shape index (κ3) is 3.20. The van der Waals surface area contributed by atoms with Gasteiger partial charge in [-0.15, -0.1) is 0 Å². The van der Waals surface area contributed by atoms with Crippen LogP contribution in [-0.2, 0) is 13.2 Å². The molecule has 1 heterocycles. The largest absolute Gasteiger partial charge is 0.488 e. The Morgan fingerprint density at radius 3 is 2.70 bits per heavy atom. The van der Waals surface area contributed by atoms with Crippen LogP contribution in [0.1, 0.15) is 35.1 Å². The van der Waals surface area contributed by atoms with Gasteiger partial charge in [0.15, 0.2) is 0 Å². The summed E-state index contributed by atoms with van der Waals surface area (Å²) in [5.41, 5.74) is 4.25. The van der Waals surface area contributed by atoms with E-state index in [9.17, 15) is 0 Å². The molecule has 4 heteroatoms. The fraction of sp³-hybridized carbons (Fsp3) is 0.438. The smallest absolute Gasteiger partial charge is 0.140 e. The highest BCUT2D eigenvalue weighted by Crippen LogP contribution is 2.25. The molecule has 1 N–H and O–H groups in total. The van der Waals surface area contributed by atoms with Gasteiger partial charge in [0.05, 0.1) is 11.3 Å². The second kappa shape index (κ2) is 6.57. The van der Waals surface area contributed by atoms with Gasteiger partial charge in [-0.1, -0.05) is 30.3 Å². The zero-order chi connectivity index (χ0) is 14.5. The van der Waals surface area contributed by atoms with Crippen molar-refractivity contribution in [3.63, 3.8) is 0 Å². The van der Waals surface area contributed by atoms with Crippen molar-refractivity contribution in [1.82, 2.24) is 10.5 Å². The first-order chi connectivity index (χ1) is 9.63. The number of ether oxygens (including phenoxy) is 1. The van der Waals surface area contributed by atoms with Crippen molar-refractivity contribution < 1.29 is 9.26 Å². The highest BCUT2D eigenvalue weighted by Gasteiger charge is 2.12. The number of hydrogen-bond acceptors (Lipinski definition) is 4. The topological polar surface area (TPSA) is 47.3 Å². The highest BCUT2D eigenvalue weighted by atomic mass is 16.5. The van der Waals surface area contributed by atoms with Crippen molar-refractivity contribution in [3.8, 4) is 5.75 Å². The summed E-state index contributed by atoms with van der Waals surface area (Å²) < 4.78 is 11.2. The van der Waals surface area contributed by atoms with Crippen LogP contribution in [0.3, 0.4) is 0 Å². The second-order valence-corrected chi connectivity index (χ2v) is 4.93. The van der Waals surface area contributed by atoms with Gasteiger partial charge < -0.3 is 14.6 Å². The Kier molecular flexibility index (Phi) is 4.79. The van der Waals surface area contributed by atoms with Crippen molar-refractivity contribution in [2.24, 2.45) is 0 Å². The Morgan fingerprint density at radius 1 is 1.25 bits per heavy atom. The van der Waals surface area contributed by atoms with Crippen LogP contribution in [0, 0.1) is 20.8 Å². The van der Waals surface area contributed by atoms with Crippen molar-refractivity contribution in [2.45, 2.75) is 40.8 Å². The summed E-state index contributed by atoms with van der Waals surface area (Å²) in [6.45, 7) is 10.3. The number of nitrogens with one attached hydrogen (secondary N) is 1. The molecule has 0 saturated heterocycles. The molecule has 0 fully saturated rings. The van der Waals surface area contributed by atoms with E-state index in [4.69, 9.17) is 9.26 Å². The van der Waals surface area contributed by atoms with E-state index in [1.807, 2.05) is 13.8 Å². The van der Waals surface area contributed by atoms with E-state index >= 15 is 0 Å². The number of aryl methyl sites for hydroxylation is 3. The van der Waals surface area contributed by atoms with Crippen LogP contribution < -0.4 is 10.1 Å². The zero-order valence-corrected chi connectivity index (χ0v) is 12.6. The van der Waals surface area contributed by atoms with Gasteiger partial charge in [-0.2, -0.15) is 0 Å². The lowest BCUT2D eigenvalue weighted by molar-refractivity contribution is 0.296. The number of aromatic nitrogens is 1. The quantitative estimate of drug-likeness (QED) is 0.878. The third-order valence-corrected chi connectivity index (χ3v) is 3.40. The first-order valence-electron chi connectivity index (χ1n) is 6.97. The lowest BCUT2D eigenvalue weighted by atomic mass is 10.1. The lowest BCUT2D eigenvalue weighted by Crippen LogP contribution is -2.13. The van der Waals surface area contributed by atoms with E-state index in [0.717, 1.165) is 41.4 Å². The molecule has 2 rings (SSSR count). The van der Waals surface area contributed by atoms with Gasteiger partial charge in [-0.25, -0.2) is 0 Å². The van der Waals surface area contributed by atoms with E-state index in [1.54, 1.807) is 0 Å². The Bertz CT molecular complexity index is 556. The average Bonchev–Trinajstić information content (AvgIpc) is 2.75. The molecule has 0 saturated carbocycles. The standard InChI is InChI=1S/C16H22N2O2/c1-5-17-9-14-8-6-7-11(2)16(14)19-10-15-12(3)18-20-13(15)4/h6-8,17H,5,9-10H2,1-4H3. The molecule has 0 radical (unpaired) electrons. The van der Waals surface area contributed by atoms with Gasteiger partial charge in [0.2, 0.25) is 0 Å². The predicted molar refractivity (Wildman–Crippen MR) is 78.9 cm³/mol. The predicted octanol–water partition coefficient (Wildman–Crippen LogP) is 3.29. The van der Waals surface area contributed by atoms with E-state index in [0.29, 0.717) is 6.61 Å². The van der Waals surface area contributed by atoms with Crippen molar-refractivity contribution in [3.05, 3.63) is 46.3 Å². The van der Waals surface area contributed by atoms with Gasteiger partial charge in [0.25, 0.3) is 0 Å². The molecule has 0 unspecified atom stereocenters. The molecule has 0 aliphatic rings. The molecule has 0 bridgehead atoms. The minimum atomic E-state index is 0.491. The van der Waals surface area contributed by atoms with Gasteiger partial charge in [-0.3, -0.25) is 0 Å². The van der Waals surface area contributed by atoms with Crippen LogP contribution in [0.15, 0.2) is 22.7 Å². The minimum absolute atomic E-state index is 0.491. The first-order valence-corrected chi connectivity index (χ1v) is 6.97. The Labute approximate surface area is 120 Å². The number of para-hydroxylation sites is 1. The molecule has 0 atom stereocenters. The first kappa shape index (κ1) is 14.6. The fourth-order valence-corrected chi connectivity index (χ4v) is 2.17. The summed E-state index contributed by atoms with van der Waals surface area (Å²) in [6, 6.07) is 6.22. The summed E-state index contributed by atoms with van der Waals surface area (Å²) in [5.74, 6) is 1.78. The third-order valence-electron chi connectivity index (χ3n) is 3.40. The molecule has 1 aromatic carbocycles. The van der Waals surface area contributed by atoms with Crippen LogP contribution in [0.4, 0.5) is 0 Å². The molecule has 4 nitrogen and oxygen atoms in total. The van der Waals surface area contributed by atoms with E-state index < -0.39 is 0 Å². The van der Waals surface area contributed by atoms with Crippen molar-refractivity contribution in [2.75, 3.05) is 6.54 Å². The Balaban J connectivity index is 2.16. The Hall–Kier alpha value is -1.81. The molecule has 0 aliphatic heterocycles. The second-order valence-electron chi connectivity index (χ2n) is 4.93. The molecule has 1 aromatic heterocycles. The number of benzene rings is 1. The number of hydrogen-bond donors (Lipinski definition) is 1. The van der Waals surface area contributed by atoms with E-state index in [2.05, 4.69) is 42.5 Å². The maximum absolute atomic E-state index is 6.03. The summed E-state index contributed by atoms with van der Waals surface area (Å²) in [6.07, 6.45) is 0. The van der Waals surface area contributed by atoms with Gasteiger partial charge in [0.1, 0.15) is 18.1 Å². The average molecular weight is 274 g/mol. The summed E-state index contributed by atoms with van der Waals surface area (Å²) >= 11 is 0. The van der Waals surface area contributed by atoms with Crippen LogP contribution in [-0.4, -0.2) is 11.7 Å². The van der Waals surface area contributed by atoms with Crippen LogP contribution >= 0.6 is 0 Å². The molecule has 2 aromatic rings. The SMILES string of the molecule is CCNCc1cccc(C)c1OCc1c(C)noc1C. The highest BCUT2D eigenvalue weighted by molar-refractivity contribution is 5.41. The van der Waals surface area contributed by atoms with Gasteiger partial charge in [-0.05, 0) is 32.9 Å². The minimum Gasteiger partial charge on any atom is -0.488 e. The van der Waals surface area contributed by atoms with Gasteiger partial charge >= 0.3 is 0 Å². The number of nitrogens with zero attached hydrogens (tertiary/aromatic N) is 1. The lowest BCUT2D eigenvalue weighted by Gasteiger charge is -2.14. The monoisotopic (exact) mass is 274 g/mol. The van der Waals surface area contributed by atoms with Crippen LogP contribution in [0.5, 0.6) is 5.75 Å². The fourth-order valence-electron chi connectivity index (χ4n) is 2.17. The van der Waals surface area contributed by atoms with Gasteiger partial charge in [0, 0.05) is 12.1 Å². The maximum atomic E-state index is 6.03. The molecule has 20 heavy (non-hydrogen) atoms. The van der Waals surface area contributed by atoms with Crippen molar-refractivity contribution in [1.29, 1.82) is 0 Å². The molecule has 0 amide bonds. The molecule has 108 valence electrons. The molecule has 0 spiro atoms.